The van der Waals surface area contributed by atoms with Crippen LogP contribution in [0.15, 0.2) is 29.8 Å². The van der Waals surface area contributed by atoms with E-state index in [1.807, 2.05) is 25.1 Å². The fourth-order valence-electron chi connectivity index (χ4n) is 1.40. The smallest absolute Gasteiger partial charge is 0.142 e. The van der Waals surface area contributed by atoms with Crippen LogP contribution >= 0.6 is 11.3 Å². The highest BCUT2D eigenvalue weighted by Crippen LogP contribution is 2.21. The summed E-state index contributed by atoms with van der Waals surface area (Å²) in [6.07, 6.45) is 3.71. The van der Waals surface area contributed by atoms with Crippen molar-refractivity contribution in [2.45, 2.75) is 25.8 Å². The second-order valence-corrected chi connectivity index (χ2v) is 4.73. The van der Waals surface area contributed by atoms with E-state index in [2.05, 4.69) is 15.3 Å². The Balaban J connectivity index is 2.08. The van der Waals surface area contributed by atoms with Gasteiger partial charge in [0.05, 0.1) is 11.4 Å². The molecule has 0 aliphatic heterocycles. The van der Waals surface area contributed by atoms with Gasteiger partial charge in [0.2, 0.25) is 0 Å². The van der Waals surface area contributed by atoms with Gasteiger partial charge in [-0.1, -0.05) is 6.07 Å². The minimum Gasteiger partial charge on any atom is -0.328 e. The number of nitrogens with zero attached hydrogens (tertiary/aromatic N) is 2. The number of hydrogen-bond donors (Lipinski definition) is 1. The first-order valence-corrected chi connectivity index (χ1v) is 6.25. The molecule has 0 fully saturated rings. The topological polar surface area (TPSA) is 51.8 Å². The van der Waals surface area contributed by atoms with E-state index in [0.717, 1.165) is 29.2 Å². The highest BCUT2D eigenvalue weighted by molar-refractivity contribution is 7.13. The van der Waals surface area contributed by atoms with Gasteiger partial charge in [-0.3, -0.25) is 4.98 Å². The monoisotopic (exact) mass is 233 g/mol. The van der Waals surface area contributed by atoms with Gasteiger partial charge in [-0.2, -0.15) is 0 Å². The molecule has 0 radical (unpaired) electrons. The van der Waals surface area contributed by atoms with Crippen LogP contribution in [-0.4, -0.2) is 16.0 Å². The number of aromatic nitrogens is 2. The molecule has 0 aromatic carbocycles. The first kappa shape index (κ1) is 11.2. The maximum atomic E-state index is 5.72. The average molecular weight is 233 g/mol. The van der Waals surface area contributed by atoms with E-state index < -0.39 is 0 Å². The molecule has 0 aliphatic rings. The maximum Gasteiger partial charge on any atom is 0.142 e. The van der Waals surface area contributed by atoms with Gasteiger partial charge in [0.1, 0.15) is 5.01 Å². The fraction of sp³-hybridized carbons (Fsp3) is 0.333. The molecule has 2 aromatic heterocycles. The molecule has 16 heavy (non-hydrogen) atoms. The average Bonchev–Trinajstić information content (AvgIpc) is 2.76. The molecule has 4 heteroatoms. The van der Waals surface area contributed by atoms with Gasteiger partial charge in [0.15, 0.2) is 0 Å². The van der Waals surface area contributed by atoms with Crippen LogP contribution in [0, 0.1) is 0 Å². The van der Waals surface area contributed by atoms with Crippen molar-refractivity contribution in [2.24, 2.45) is 5.73 Å². The Morgan fingerprint density at radius 1 is 1.44 bits per heavy atom. The van der Waals surface area contributed by atoms with Crippen molar-refractivity contribution in [3.05, 3.63) is 35.5 Å². The van der Waals surface area contributed by atoms with Crippen LogP contribution in [0.4, 0.5) is 0 Å². The van der Waals surface area contributed by atoms with Gasteiger partial charge in [0, 0.05) is 17.6 Å². The molecule has 0 amide bonds. The molecular weight excluding hydrogens is 218 g/mol. The van der Waals surface area contributed by atoms with Crippen LogP contribution in [0.1, 0.15) is 19.0 Å². The maximum absolute atomic E-state index is 5.72. The molecule has 0 spiro atoms. The van der Waals surface area contributed by atoms with Crippen LogP contribution in [-0.2, 0) is 6.42 Å². The summed E-state index contributed by atoms with van der Waals surface area (Å²) in [4.78, 5) is 8.83. The third-order valence-corrected chi connectivity index (χ3v) is 3.21. The Morgan fingerprint density at radius 3 is 3.00 bits per heavy atom. The van der Waals surface area contributed by atoms with Crippen LogP contribution in [0.25, 0.3) is 10.7 Å². The number of rotatable bonds is 4. The molecule has 0 bridgehead atoms. The summed E-state index contributed by atoms with van der Waals surface area (Å²) in [6, 6.07) is 6.10. The zero-order valence-electron chi connectivity index (χ0n) is 9.26. The third-order valence-electron chi connectivity index (χ3n) is 2.29. The Morgan fingerprint density at radius 2 is 2.31 bits per heavy atom. The van der Waals surface area contributed by atoms with Gasteiger partial charge >= 0.3 is 0 Å². The van der Waals surface area contributed by atoms with Crippen molar-refractivity contribution >= 4 is 11.3 Å². The zero-order chi connectivity index (χ0) is 11.4. The first-order valence-electron chi connectivity index (χ1n) is 5.37. The van der Waals surface area contributed by atoms with Crippen LogP contribution < -0.4 is 5.73 Å². The Bertz CT molecular complexity index is 437. The first-order chi connectivity index (χ1) is 7.75. The second-order valence-electron chi connectivity index (χ2n) is 3.87. The van der Waals surface area contributed by atoms with Crippen LogP contribution in [0.3, 0.4) is 0 Å². The summed E-state index contributed by atoms with van der Waals surface area (Å²) in [5, 5.41) is 3.08. The minimum atomic E-state index is 0.236. The summed E-state index contributed by atoms with van der Waals surface area (Å²) in [5.41, 5.74) is 7.78. The lowest BCUT2D eigenvalue weighted by atomic mass is 10.2. The molecule has 2 N–H and O–H groups in total. The molecular formula is C12H15N3S. The van der Waals surface area contributed by atoms with E-state index in [4.69, 9.17) is 5.73 Å². The van der Waals surface area contributed by atoms with Crippen molar-refractivity contribution in [3.8, 4) is 10.7 Å². The van der Waals surface area contributed by atoms with Crippen molar-refractivity contribution in [3.63, 3.8) is 0 Å². The molecule has 3 nitrogen and oxygen atoms in total. The summed E-state index contributed by atoms with van der Waals surface area (Å²) >= 11 is 1.64. The Hall–Kier alpha value is -1.26. The van der Waals surface area contributed by atoms with Gasteiger partial charge in [-0.25, -0.2) is 4.98 Å². The molecule has 0 saturated carbocycles. The molecule has 0 aliphatic carbocycles. The summed E-state index contributed by atoms with van der Waals surface area (Å²) in [5.74, 6) is 0. The van der Waals surface area contributed by atoms with Crippen molar-refractivity contribution in [1.29, 1.82) is 0 Å². The third kappa shape index (κ3) is 2.87. The van der Waals surface area contributed by atoms with Gasteiger partial charge in [0.25, 0.3) is 0 Å². The highest BCUT2D eigenvalue weighted by atomic mass is 32.1. The second kappa shape index (κ2) is 5.18. The fourth-order valence-corrected chi connectivity index (χ4v) is 2.23. The lowest BCUT2D eigenvalue weighted by Gasteiger charge is -2.01. The van der Waals surface area contributed by atoms with Crippen LogP contribution in [0.5, 0.6) is 0 Å². The van der Waals surface area contributed by atoms with Gasteiger partial charge in [-0.05, 0) is 31.9 Å². The summed E-state index contributed by atoms with van der Waals surface area (Å²) < 4.78 is 0. The quantitative estimate of drug-likeness (QED) is 0.882. The van der Waals surface area contributed by atoms with Gasteiger partial charge < -0.3 is 5.73 Å². The number of nitrogens with two attached hydrogens (primary N) is 1. The lowest BCUT2D eigenvalue weighted by Crippen LogP contribution is -2.15. The largest absolute Gasteiger partial charge is 0.328 e. The Kier molecular flexibility index (Phi) is 3.64. The van der Waals surface area contributed by atoms with E-state index in [1.165, 1.54) is 0 Å². The number of hydrogen-bond acceptors (Lipinski definition) is 4. The van der Waals surface area contributed by atoms with Crippen molar-refractivity contribution < 1.29 is 0 Å². The standard InChI is InChI=1S/C12H15N3S/c1-9(13)5-6-10-8-16-12(15-10)11-4-2-3-7-14-11/h2-4,7-9H,5-6,13H2,1H3. The minimum absolute atomic E-state index is 0.236. The lowest BCUT2D eigenvalue weighted by molar-refractivity contribution is 0.660. The van der Waals surface area contributed by atoms with Crippen molar-refractivity contribution in [1.82, 2.24) is 9.97 Å². The van der Waals surface area contributed by atoms with Crippen LogP contribution in [0.2, 0.25) is 0 Å². The number of aryl methyl sites for hydroxylation is 1. The number of pyridine rings is 1. The van der Waals surface area contributed by atoms with E-state index in [-0.39, 0.29) is 6.04 Å². The summed E-state index contributed by atoms with van der Waals surface area (Å²) in [6.45, 7) is 2.02. The Labute approximate surface area is 99.4 Å². The molecule has 2 heterocycles. The highest BCUT2D eigenvalue weighted by Gasteiger charge is 2.05. The molecule has 2 rings (SSSR count). The SMILES string of the molecule is CC(N)CCc1csc(-c2ccccn2)n1. The molecule has 1 unspecified atom stereocenters. The van der Waals surface area contributed by atoms with E-state index in [0.29, 0.717) is 0 Å². The van der Waals surface area contributed by atoms with Gasteiger partial charge in [-0.15, -0.1) is 11.3 Å². The van der Waals surface area contributed by atoms with E-state index in [1.54, 1.807) is 17.5 Å². The van der Waals surface area contributed by atoms with Crippen molar-refractivity contribution in [2.75, 3.05) is 0 Å². The van der Waals surface area contributed by atoms with E-state index >= 15 is 0 Å². The number of thiazole rings is 1. The molecule has 84 valence electrons. The predicted octanol–water partition coefficient (Wildman–Crippen LogP) is 2.48. The zero-order valence-corrected chi connectivity index (χ0v) is 10.1. The van der Waals surface area contributed by atoms with E-state index in [9.17, 15) is 0 Å². The summed E-state index contributed by atoms with van der Waals surface area (Å²) in [7, 11) is 0. The normalized spacial score (nSPS) is 12.6. The molecule has 2 aromatic rings. The predicted molar refractivity (Wildman–Crippen MR) is 67.3 cm³/mol. The molecule has 0 saturated heterocycles. The molecule has 1 atom stereocenters.